The molecule has 2 aromatic carbocycles. The number of aromatic hydroxyl groups is 1. The number of rotatable bonds is 14. The highest BCUT2D eigenvalue weighted by Gasteiger charge is 2.15. The number of hydrogen-bond donors (Lipinski definition) is 1. The van der Waals surface area contributed by atoms with Gasteiger partial charge in [0.2, 0.25) is 0 Å². The van der Waals surface area contributed by atoms with Gasteiger partial charge in [-0.1, -0.05) is 89.5 Å². The van der Waals surface area contributed by atoms with Gasteiger partial charge in [-0.3, -0.25) is 0 Å². The van der Waals surface area contributed by atoms with Gasteiger partial charge in [-0.05, 0) is 49.4 Å². The minimum atomic E-state index is 0.252. The van der Waals surface area contributed by atoms with Crippen molar-refractivity contribution in [3.63, 3.8) is 0 Å². The number of phenolic OH excluding ortho intramolecular Hbond substituents is 1. The van der Waals surface area contributed by atoms with Crippen molar-refractivity contribution < 1.29 is 9.84 Å². The summed E-state index contributed by atoms with van der Waals surface area (Å²) in [5.74, 6) is 1.69. The van der Waals surface area contributed by atoms with E-state index >= 15 is 0 Å². The van der Waals surface area contributed by atoms with Gasteiger partial charge in [0.1, 0.15) is 5.75 Å². The summed E-state index contributed by atoms with van der Waals surface area (Å²) < 4.78 is 6.15. The second kappa shape index (κ2) is 13.3. The van der Waals surface area contributed by atoms with Crippen molar-refractivity contribution in [3.05, 3.63) is 53.6 Å². The summed E-state index contributed by atoms with van der Waals surface area (Å²) in [6.07, 6.45) is 14.7. The summed E-state index contributed by atoms with van der Waals surface area (Å²) in [7, 11) is 0. The van der Waals surface area contributed by atoms with E-state index in [0.29, 0.717) is 5.75 Å². The van der Waals surface area contributed by atoms with E-state index in [1.165, 1.54) is 68.9 Å². The molecule has 0 heterocycles. The van der Waals surface area contributed by atoms with Gasteiger partial charge < -0.3 is 9.84 Å². The van der Waals surface area contributed by atoms with E-state index in [-0.39, 0.29) is 5.75 Å². The van der Waals surface area contributed by atoms with Crippen LogP contribution in [0.15, 0.2) is 42.5 Å². The smallest absolute Gasteiger partial charge is 0.172 e. The molecule has 0 saturated carbocycles. The van der Waals surface area contributed by atoms with E-state index in [0.717, 1.165) is 25.0 Å². The fraction of sp³-hybridized carbons (Fsp3) is 0.538. The molecule has 0 atom stereocenters. The Morgan fingerprint density at radius 3 is 2.00 bits per heavy atom. The molecule has 2 heteroatoms. The summed E-state index contributed by atoms with van der Waals surface area (Å²) in [6, 6.07) is 13.7. The third-order valence-corrected chi connectivity index (χ3v) is 5.38. The molecule has 2 aromatic rings. The SMILES string of the molecule is CCCCCCCCc1c(CCCCCC)ccc(O)c1Oc1ccccc1. The average molecular weight is 383 g/mol. The summed E-state index contributed by atoms with van der Waals surface area (Å²) in [6.45, 7) is 4.50. The zero-order chi connectivity index (χ0) is 20.0. The Kier molecular flexibility index (Phi) is 10.6. The molecule has 0 fully saturated rings. The third-order valence-electron chi connectivity index (χ3n) is 5.38. The van der Waals surface area contributed by atoms with Gasteiger partial charge in [0.25, 0.3) is 0 Å². The summed E-state index contributed by atoms with van der Waals surface area (Å²) in [5.41, 5.74) is 2.55. The van der Waals surface area contributed by atoms with Crippen molar-refractivity contribution in [3.8, 4) is 17.2 Å². The zero-order valence-corrected chi connectivity index (χ0v) is 17.9. The van der Waals surface area contributed by atoms with Gasteiger partial charge in [0.05, 0.1) is 0 Å². The topological polar surface area (TPSA) is 29.5 Å². The number of ether oxygens (including phenoxy) is 1. The van der Waals surface area contributed by atoms with E-state index in [1.807, 2.05) is 30.3 Å². The largest absolute Gasteiger partial charge is 0.504 e. The van der Waals surface area contributed by atoms with Crippen molar-refractivity contribution in [2.75, 3.05) is 0 Å². The zero-order valence-electron chi connectivity index (χ0n) is 17.9. The van der Waals surface area contributed by atoms with E-state index in [9.17, 15) is 5.11 Å². The molecular weight excluding hydrogens is 344 g/mol. The first-order chi connectivity index (χ1) is 13.8. The normalized spacial score (nSPS) is 10.9. The summed E-state index contributed by atoms with van der Waals surface area (Å²) in [4.78, 5) is 0. The molecule has 0 aliphatic rings. The van der Waals surface area contributed by atoms with Crippen LogP contribution in [0.4, 0.5) is 0 Å². The van der Waals surface area contributed by atoms with Crippen LogP contribution < -0.4 is 4.74 Å². The molecule has 0 spiro atoms. The van der Waals surface area contributed by atoms with Crippen LogP contribution in [-0.2, 0) is 12.8 Å². The molecule has 0 amide bonds. The van der Waals surface area contributed by atoms with Crippen molar-refractivity contribution in [1.82, 2.24) is 0 Å². The minimum absolute atomic E-state index is 0.252. The van der Waals surface area contributed by atoms with Gasteiger partial charge >= 0.3 is 0 Å². The Balaban J connectivity index is 2.12. The maximum absolute atomic E-state index is 10.5. The molecule has 0 radical (unpaired) electrons. The highest BCUT2D eigenvalue weighted by molar-refractivity contribution is 5.52. The highest BCUT2D eigenvalue weighted by Crippen LogP contribution is 2.38. The van der Waals surface area contributed by atoms with Crippen molar-refractivity contribution >= 4 is 0 Å². The molecule has 0 saturated heterocycles. The number of unbranched alkanes of at least 4 members (excludes halogenated alkanes) is 8. The van der Waals surface area contributed by atoms with Gasteiger partial charge in [0.15, 0.2) is 11.5 Å². The molecular formula is C26H38O2. The highest BCUT2D eigenvalue weighted by atomic mass is 16.5. The average Bonchev–Trinajstić information content (AvgIpc) is 2.72. The predicted octanol–water partition coefficient (Wildman–Crippen LogP) is 8.21. The maximum Gasteiger partial charge on any atom is 0.172 e. The second-order valence-electron chi connectivity index (χ2n) is 7.80. The number of hydrogen-bond acceptors (Lipinski definition) is 2. The van der Waals surface area contributed by atoms with Crippen molar-refractivity contribution in [2.24, 2.45) is 0 Å². The lowest BCUT2D eigenvalue weighted by atomic mass is 9.95. The Bertz CT molecular complexity index is 664. The molecule has 0 aliphatic heterocycles. The fourth-order valence-corrected chi connectivity index (χ4v) is 3.71. The molecule has 154 valence electrons. The molecule has 1 N–H and O–H groups in total. The Morgan fingerprint density at radius 1 is 0.679 bits per heavy atom. The molecule has 0 aromatic heterocycles. The van der Waals surface area contributed by atoms with Crippen LogP contribution >= 0.6 is 0 Å². The standard InChI is InChI=1S/C26H38O2/c1-3-5-7-9-10-15-19-24-22(16-12-8-6-4-2)20-21-25(27)26(24)28-23-17-13-11-14-18-23/h11,13-14,17-18,20-21,27H,3-10,12,15-16,19H2,1-2H3. The van der Waals surface area contributed by atoms with Crippen LogP contribution in [0.25, 0.3) is 0 Å². The maximum atomic E-state index is 10.5. The van der Waals surface area contributed by atoms with Gasteiger partial charge in [0, 0.05) is 5.56 Å². The molecule has 28 heavy (non-hydrogen) atoms. The Labute approximate surface area is 172 Å². The lowest BCUT2D eigenvalue weighted by Gasteiger charge is -2.17. The van der Waals surface area contributed by atoms with E-state index in [4.69, 9.17) is 4.74 Å². The van der Waals surface area contributed by atoms with Gasteiger partial charge in [-0.15, -0.1) is 0 Å². The number of phenols is 1. The second-order valence-corrected chi connectivity index (χ2v) is 7.80. The fourth-order valence-electron chi connectivity index (χ4n) is 3.71. The first-order valence-corrected chi connectivity index (χ1v) is 11.3. The van der Waals surface area contributed by atoms with E-state index in [2.05, 4.69) is 19.9 Å². The molecule has 2 rings (SSSR count). The lowest BCUT2D eigenvalue weighted by molar-refractivity contribution is 0.405. The minimum Gasteiger partial charge on any atom is -0.504 e. The quantitative estimate of drug-likeness (QED) is 0.333. The Morgan fingerprint density at radius 2 is 1.29 bits per heavy atom. The molecule has 0 unspecified atom stereocenters. The number of benzene rings is 2. The predicted molar refractivity (Wildman–Crippen MR) is 120 cm³/mol. The summed E-state index contributed by atoms with van der Waals surface area (Å²) >= 11 is 0. The van der Waals surface area contributed by atoms with Crippen LogP contribution in [0.5, 0.6) is 17.2 Å². The van der Waals surface area contributed by atoms with Crippen LogP contribution in [0.1, 0.15) is 89.2 Å². The van der Waals surface area contributed by atoms with Crippen LogP contribution in [-0.4, -0.2) is 5.11 Å². The number of aryl methyl sites for hydroxylation is 1. The lowest BCUT2D eigenvalue weighted by Crippen LogP contribution is -2.00. The molecule has 2 nitrogen and oxygen atoms in total. The van der Waals surface area contributed by atoms with Crippen LogP contribution in [0.2, 0.25) is 0 Å². The van der Waals surface area contributed by atoms with E-state index in [1.54, 1.807) is 6.07 Å². The number of para-hydroxylation sites is 1. The first-order valence-electron chi connectivity index (χ1n) is 11.3. The summed E-state index contributed by atoms with van der Waals surface area (Å²) in [5, 5.41) is 10.5. The van der Waals surface area contributed by atoms with Crippen LogP contribution in [0, 0.1) is 0 Å². The Hall–Kier alpha value is -1.96. The van der Waals surface area contributed by atoms with Gasteiger partial charge in [-0.2, -0.15) is 0 Å². The third kappa shape index (κ3) is 7.58. The van der Waals surface area contributed by atoms with Crippen molar-refractivity contribution in [1.29, 1.82) is 0 Å². The molecule has 0 bridgehead atoms. The van der Waals surface area contributed by atoms with Crippen LogP contribution in [0.3, 0.4) is 0 Å². The first kappa shape index (κ1) is 22.3. The molecule has 0 aliphatic carbocycles. The van der Waals surface area contributed by atoms with Crippen molar-refractivity contribution in [2.45, 2.75) is 90.9 Å². The van der Waals surface area contributed by atoms with Gasteiger partial charge in [-0.25, -0.2) is 0 Å². The monoisotopic (exact) mass is 382 g/mol. The van der Waals surface area contributed by atoms with E-state index < -0.39 is 0 Å².